The van der Waals surface area contributed by atoms with Gasteiger partial charge in [0.2, 0.25) is 0 Å². The summed E-state index contributed by atoms with van der Waals surface area (Å²) in [6.45, 7) is 0.877. The molecule has 1 atom stereocenters. The van der Waals surface area contributed by atoms with Crippen molar-refractivity contribution in [2.24, 2.45) is 0 Å². The molecule has 1 N–H and O–H groups in total. The Balaban J connectivity index is 1.75. The Bertz CT molecular complexity index is 967. The largest absolute Gasteiger partial charge is 0.497 e. The highest BCUT2D eigenvalue weighted by atomic mass is 16.5. The molecule has 5 nitrogen and oxygen atoms in total. The molecule has 1 heterocycles. The van der Waals surface area contributed by atoms with E-state index in [1.54, 1.807) is 37.5 Å². The van der Waals surface area contributed by atoms with E-state index in [4.69, 9.17) is 4.74 Å². The third-order valence-electron chi connectivity index (χ3n) is 5.60. The van der Waals surface area contributed by atoms with Gasteiger partial charge in [-0.2, -0.15) is 0 Å². The Morgan fingerprint density at radius 2 is 1.76 bits per heavy atom. The lowest BCUT2D eigenvalue weighted by Crippen LogP contribution is -2.30. The van der Waals surface area contributed by atoms with Crippen molar-refractivity contribution in [1.29, 1.82) is 0 Å². The maximum absolute atomic E-state index is 12.7. The number of ketones is 2. The summed E-state index contributed by atoms with van der Waals surface area (Å²) in [6, 6.07) is 14.6. The van der Waals surface area contributed by atoms with E-state index in [1.165, 1.54) is 0 Å². The van der Waals surface area contributed by atoms with Crippen molar-refractivity contribution < 1.29 is 19.4 Å². The van der Waals surface area contributed by atoms with Gasteiger partial charge in [0.25, 0.3) is 0 Å². The van der Waals surface area contributed by atoms with Gasteiger partial charge < -0.3 is 14.7 Å². The number of nitrogens with zero attached hydrogens (tertiary/aromatic N) is 1. The SMILES string of the molecule is COc1ccc(/C(=C/C=C2C(=O)c3ccccc3C2=O)N2CCC[C@H]2CO)cc1. The van der Waals surface area contributed by atoms with E-state index in [1.807, 2.05) is 30.3 Å². The summed E-state index contributed by atoms with van der Waals surface area (Å²) >= 11 is 0. The molecule has 1 aliphatic carbocycles. The van der Waals surface area contributed by atoms with E-state index in [2.05, 4.69) is 4.90 Å². The number of carbonyl (C=O) groups is 2. The quantitative estimate of drug-likeness (QED) is 0.626. The monoisotopic (exact) mass is 389 g/mol. The molecular weight excluding hydrogens is 366 g/mol. The molecule has 0 aromatic heterocycles. The summed E-state index contributed by atoms with van der Waals surface area (Å²) in [6.07, 6.45) is 5.34. The molecule has 5 heteroatoms. The molecule has 2 aliphatic rings. The number of aliphatic hydroxyl groups is 1. The van der Waals surface area contributed by atoms with Gasteiger partial charge >= 0.3 is 0 Å². The minimum absolute atomic E-state index is 0.0222. The van der Waals surface area contributed by atoms with Crippen LogP contribution in [0.5, 0.6) is 5.75 Å². The first-order valence-electron chi connectivity index (χ1n) is 9.76. The van der Waals surface area contributed by atoms with E-state index in [0.29, 0.717) is 11.1 Å². The standard InChI is InChI=1S/C24H23NO4/c1-29-18-10-8-16(9-11-18)22(25-14-4-5-17(25)15-26)13-12-21-23(27)19-6-2-3-7-20(19)24(21)28/h2-3,6-13,17,26H,4-5,14-15H2,1H3/b22-13-/t17-/m0/s1. The molecule has 0 radical (unpaired) electrons. The summed E-state index contributed by atoms with van der Waals surface area (Å²) in [5, 5.41) is 9.78. The molecule has 0 bridgehead atoms. The zero-order valence-electron chi connectivity index (χ0n) is 16.3. The Morgan fingerprint density at radius 3 is 2.34 bits per heavy atom. The van der Waals surface area contributed by atoms with Gasteiger partial charge in [-0.15, -0.1) is 0 Å². The minimum Gasteiger partial charge on any atom is -0.497 e. The van der Waals surface area contributed by atoms with Crippen molar-refractivity contribution in [3.8, 4) is 5.75 Å². The van der Waals surface area contributed by atoms with Gasteiger partial charge in [-0.3, -0.25) is 9.59 Å². The maximum Gasteiger partial charge on any atom is 0.197 e. The van der Waals surface area contributed by atoms with Crippen molar-refractivity contribution in [2.45, 2.75) is 18.9 Å². The average Bonchev–Trinajstić information content (AvgIpc) is 3.33. The third-order valence-corrected chi connectivity index (χ3v) is 5.60. The van der Waals surface area contributed by atoms with E-state index in [9.17, 15) is 14.7 Å². The van der Waals surface area contributed by atoms with Crippen molar-refractivity contribution >= 4 is 17.3 Å². The Labute approximate surface area is 169 Å². The van der Waals surface area contributed by atoms with E-state index in [-0.39, 0.29) is 29.8 Å². The van der Waals surface area contributed by atoms with Crippen LogP contribution in [0.1, 0.15) is 39.1 Å². The molecule has 2 aromatic carbocycles. The number of hydrogen-bond acceptors (Lipinski definition) is 5. The molecular formula is C24H23NO4. The number of ether oxygens (including phenoxy) is 1. The van der Waals surface area contributed by atoms with Crippen LogP contribution < -0.4 is 4.74 Å². The molecule has 1 fully saturated rings. The van der Waals surface area contributed by atoms with Crippen LogP contribution in [-0.4, -0.2) is 47.9 Å². The van der Waals surface area contributed by atoms with E-state index < -0.39 is 0 Å². The van der Waals surface area contributed by atoms with E-state index in [0.717, 1.165) is 36.4 Å². The number of methoxy groups -OCH3 is 1. The van der Waals surface area contributed by atoms with Crippen molar-refractivity contribution in [2.75, 3.05) is 20.3 Å². The van der Waals surface area contributed by atoms with Gasteiger partial charge in [-0.05, 0) is 54.8 Å². The topological polar surface area (TPSA) is 66.8 Å². The molecule has 0 spiro atoms. The fourth-order valence-electron chi connectivity index (χ4n) is 4.05. The molecule has 0 amide bonds. The number of Topliss-reactive ketones (excluding diaryl/α,β-unsaturated/α-hetero) is 2. The molecule has 2 aromatic rings. The van der Waals surface area contributed by atoms with Gasteiger partial charge in [-0.25, -0.2) is 0 Å². The summed E-state index contributed by atoms with van der Waals surface area (Å²) in [5.74, 6) is 0.273. The lowest BCUT2D eigenvalue weighted by atomic mass is 10.1. The highest BCUT2D eigenvalue weighted by Gasteiger charge is 2.32. The molecule has 1 aliphatic heterocycles. The second-order valence-electron chi connectivity index (χ2n) is 7.24. The van der Waals surface area contributed by atoms with Crippen LogP contribution in [0.3, 0.4) is 0 Å². The van der Waals surface area contributed by atoms with Gasteiger partial charge in [0, 0.05) is 23.4 Å². The van der Waals surface area contributed by atoms with Crippen LogP contribution in [0.2, 0.25) is 0 Å². The van der Waals surface area contributed by atoms with Gasteiger partial charge in [-0.1, -0.05) is 24.3 Å². The van der Waals surface area contributed by atoms with Crippen LogP contribution in [0.25, 0.3) is 5.70 Å². The summed E-state index contributed by atoms with van der Waals surface area (Å²) in [7, 11) is 1.62. The Morgan fingerprint density at radius 1 is 1.10 bits per heavy atom. The number of rotatable bonds is 5. The smallest absolute Gasteiger partial charge is 0.197 e. The van der Waals surface area contributed by atoms with Crippen molar-refractivity contribution in [3.63, 3.8) is 0 Å². The summed E-state index contributed by atoms with van der Waals surface area (Å²) in [4.78, 5) is 27.5. The van der Waals surface area contributed by atoms with Gasteiger partial charge in [0.1, 0.15) is 5.75 Å². The lowest BCUT2D eigenvalue weighted by molar-refractivity contribution is 0.0988. The fourth-order valence-corrected chi connectivity index (χ4v) is 4.05. The van der Waals surface area contributed by atoms with Crippen LogP contribution in [0, 0.1) is 0 Å². The Kier molecular flexibility index (Phi) is 5.32. The summed E-state index contributed by atoms with van der Waals surface area (Å²) in [5.41, 5.74) is 2.92. The first kappa shape index (κ1) is 19.2. The highest BCUT2D eigenvalue weighted by molar-refractivity contribution is 6.39. The van der Waals surface area contributed by atoms with Crippen LogP contribution >= 0.6 is 0 Å². The number of hydrogen-bond donors (Lipinski definition) is 1. The minimum atomic E-state index is -0.240. The molecule has 0 unspecified atom stereocenters. The number of fused-ring (bicyclic) bond motifs is 1. The number of aliphatic hydroxyl groups excluding tert-OH is 1. The number of likely N-dealkylation sites (tertiary alicyclic amines) is 1. The predicted octanol–water partition coefficient (Wildman–Crippen LogP) is 3.50. The first-order chi connectivity index (χ1) is 14.1. The molecule has 0 saturated carbocycles. The normalized spacial score (nSPS) is 19.0. The molecule has 29 heavy (non-hydrogen) atoms. The Hall–Kier alpha value is -3.18. The summed E-state index contributed by atoms with van der Waals surface area (Å²) < 4.78 is 5.25. The molecule has 4 rings (SSSR count). The van der Waals surface area contributed by atoms with E-state index >= 15 is 0 Å². The van der Waals surface area contributed by atoms with Crippen molar-refractivity contribution in [3.05, 3.63) is 82.9 Å². The zero-order chi connectivity index (χ0) is 20.4. The zero-order valence-corrected chi connectivity index (χ0v) is 16.3. The first-order valence-corrected chi connectivity index (χ1v) is 9.76. The number of allylic oxidation sites excluding steroid dienone is 3. The average molecular weight is 389 g/mol. The van der Waals surface area contributed by atoms with Crippen LogP contribution in [-0.2, 0) is 0 Å². The number of benzene rings is 2. The highest BCUT2D eigenvalue weighted by Crippen LogP contribution is 2.31. The van der Waals surface area contributed by atoms with Crippen molar-refractivity contribution in [1.82, 2.24) is 4.90 Å². The third kappa shape index (κ3) is 3.49. The molecule has 148 valence electrons. The second kappa shape index (κ2) is 8.05. The number of carbonyl (C=O) groups excluding carboxylic acids is 2. The predicted molar refractivity (Wildman–Crippen MR) is 111 cm³/mol. The van der Waals surface area contributed by atoms with Gasteiger partial charge in [0.05, 0.1) is 25.3 Å². The second-order valence-corrected chi connectivity index (χ2v) is 7.24. The maximum atomic E-state index is 12.7. The fraction of sp³-hybridized carbons (Fsp3) is 0.250. The lowest BCUT2D eigenvalue weighted by Gasteiger charge is -2.28. The molecule has 1 saturated heterocycles. The van der Waals surface area contributed by atoms with Gasteiger partial charge in [0.15, 0.2) is 11.6 Å². The van der Waals surface area contributed by atoms with Crippen LogP contribution in [0.15, 0.2) is 66.3 Å². The van der Waals surface area contributed by atoms with Crippen LogP contribution in [0.4, 0.5) is 0 Å².